The summed E-state index contributed by atoms with van der Waals surface area (Å²) < 4.78 is 57.5. The van der Waals surface area contributed by atoms with E-state index in [1.165, 1.54) is 0 Å². The maximum absolute atomic E-state index is 11.6. The molecular weight excluding hydrogens is 328 g/mol. The van der Waals surface area contributed by atoms with Gasteiger partial charge in [-0.25, -0.2) is 0 Å². The molecule has 0 radical (unpaired) electrons. The molecule has 1 rings (SSSR count). The molecule has 1 aromatic carbocycles. The molecule has 8 heteroatoms. The fraction of sp³-hybridized carbons (Fsp3) is 0.429. The van der Waals surface area contributed by atoms with Gasteiger partial charge in [0, 0.05) is 0 Å². The maximum atomic E-state index is 11.6. The van der Waals surface area contributed by atoms with Crippen molar-refractivity contribution in [1.29, 1.82) is 0 Å². The summed E-state index contributed by atoms with van der Waals surface area (Å²) in [6, 6.07) is 9.17. The van der Waals surface area contributed by atoms with Gasteiger partial charge in [0.05, 0.1) is 11.5 Å². The molecule has 124 valence electrons. The van der Waals surface area contributed by atoms with Crippen LogP contribution in [0.25, 0.3) is 6.08 Å². The fourth-order valence-corrected chi connectivity index (χ4v) is 3.17. The van der Waals surface area contributed by atoms with Gasteiger partial charge in [-0.2, -0.15) is 16.8 Å². The average molecular weight is 348 g/mol. The van der Waals surface area contributed by atoms with E-state index in [2.05, 4.69) is 0 Å². The monoisotopic (exact) mass is 348 g/mol. The summed E-state index contributed by atoms with van der Waals surface area (Å²) in [5.41, 5.74) is 0.836. The molecule has 1 aromatic rings. The van der Waals surface area contributed by atoms with Crippen molar-refractivity contribution >= 4 is 26.3 Å². The van der Waals surface area contributed by atoms with E-state index in [0.29, 0.717) is 25.7 Å². The summed E-state index contributed by atoms with van der Waals surface area (Å²) in [6.07, 6.45) is 4.49. The summed E-state index contributed by atoms with van der Waals surface area (Å²) in [5.74, 6) is -0.423. The van der Waals surface area contributed by atoms with Crippen LogP contribution in [-0.2, 0) is 24.4 Å². The van der Waals surface area contributed by atoms with Crippen LogP contribution in [0.15, 0.2) is 36.6 Å². The van der Waals surface area contributed by atoms with Crippen LogP contribution in [-0.4, -0.2) is 32.9 Å². The minimum absolute atomic E-state index is 0.127. The van der Waals surface area contributed by atoms with Crippen molar-refractivity contribution in [3.05, 3.63) is 42.2 Å². The van der Waals surface area contributed by atoms with E-state index in [0.717, 1.165) is 11.8 Å². The Labute approximate surface area is 131 Å². The second kappa shape index (κ2) is 8.92. The number of hydrogen-bond donors (Lipinski definition) is 1. The summed E-state index contributed by atoms with van der Waals surface area (Å²) in [4.78, 5) is 0. The Kier molecular flexibility index (Phi) is 7.57. The van der Waals surface area contributed by atoms with E-state index in [1.807, 2.05) is 30.3 Å². The molecular formula is C14H20O6S2. The Bertz CT molecular complexity index is 663. The largest absolute Gasteiger partial charge is 0.390 e. The SMILES string of the molecule is O=S(=O)(O)CCCCCCS(=O)(=O)OC=Cc1ccccc1. The van der Waals surface area contributed by atoms with Crippen LogP contribution >= 0.6 is 0 Å². The highest BCUT2D eigenvalue weighted by molar-refractivity contribution is 7.86. The van der Waals surface area contributed by atoms with Gasteiger partial charge in [-0.1, -0.05) is 43.2 Å². The van der Waals surface area contributed by atoms with Crippen molar-refractivity contribution in [1.82, 2.24) is 0 Å². The van der Waals surface area contributed by atoms with Crippen LogP contribution in [0.3, 0.4) is 0 Å². The number of rotatable bonds is 10. The van der Waals surface area contributed by atoms with Gasteiger partial charge in [0.1, 0.15) is 6.26 Å². The zero-order valence-corrected chi connectivity index (χ0v) is 13.7. The first kappa shape index (κ1) is 18.7. The second-order valence-corrected chi connectivity index (χ2v) is 8.06. The predicted octanol–water partition coefficient (Wildman–Crippen LogP) is 2.45. The lowest BCUT2D eigenvalue weighted by molar-refractivity contribution is 0.442. The third-order valence-electron chi connectivity index (χ3n) is 2.81. The van der Waals surface area contributed by atoms with E-state index in [-0.39, 0.29) is 11.5 Å². The first-order valence-corrected chi connectivity index (χ1v) is 10.0. The van der Waals surface area contributed by atoms with E-state index in [4.69, 9.17) is 8.74 Å². The quantitative estimate of drug-likeness (QED) is 0.302. The van der Waals surface area contributed by atoms with Gasteiger partial charge in [0.2, 0.25) is 0 Å². The minimum atomic E-state index is -3.93. The number of benzene rings is 1. The molecule has 0 aliphatic carbocycles. The standard InChI is InChI=1S/C14H20O6S2/c15-21(16,17)12-6-1-2-7-13-22(18,19)20-11-10-14-8-4-3-5-9-14/h3-5,8-11H,1-2,6-7,12-13H2,(H,15,16,17). The van der Waals surface area contributed by atoms with Crippen molar-refractivity contribution in [2.24, 2.45) is 0 Å². The highest BCUT2D eigenvalue weighted by atomic mass is 32.2. The molecule has 0 saturated carbocycles. The highest BCUT2D eigenvalue weighted by Gasteiger charge is 2.09. The second-order valence-electron chi connectivity index (χ2n) is 4.77. The maximum Gasteiger partial charge on any atom is 0.308 e. The lowest BCUT2D eigenvalue weighted by Crippen LogP contribution is -2.08. The molecule has 0 heterocycles. The van der Waals surface area contributed by atoms with E-state index < -0.39 is 20.2 Å². The third kappa shape index (κ3) is 9.54. The summed E-state index contributed by atoms with van der Waals surface area (Å²) in [7, 11) is -7.55. The van der Waals surface area contributed by atoms with Crippen LogP contribution in [0.1, 0.15) is 31.2 Å². The molecule has 0 bridgehead atoms. The van der Waals surface area contributed by atoms with Crippen LogP contribution in [0.2, 0.25) is 0 Å². The lowest BCUT2D eigenvalue weighted by Gasteiger charge is -2.03. The van der Waals surface area contributed by atoms with Gasteiger partial charge >= 0.3 is 10.1 Å². The Morgan fingerprint density at radius 3 is 2.09 bits per heavy atom. The zero-order chi connectivity index (χ0) is 16.5. The Hall–Kier alpha value is -1.38. The van der Waals surface area contributed by atoms with Gasteiger partial charge < -0.3 is 4.18 Å². The molecule has 0 fully saturated rings. The number of unbranched alkanes of at least 4 members (excludes halogenated alkanes) is 3. The average Bonchev–Trinajstić information content (AvgIpc) is 2.42. The van der Waals surface area contributed by atoms with Crippen LogP contribution in [0.5, 0.6) is 0 Å². The van der Waals surface area contributed by atoms with E-state index in [1.54, 1.807) is 6.08 Å². The molecule has 0 aromatic heterocycles. The van der Waals surface area contributed by atoms with Gasteiger partial charge in [-0.15, -0.1) is 0 Å². The van der Waals surface area contributed by atoms with Gasteiger partial charge in [-0.05, 0) is 24.5 Å². The van der Waals surface area contributed by atoms with Crippen LogP contribution < -0.4 is 0 Å². The van der Waals surface area contributed by atoms with E-state index in [9.17, 15) is 16.8 Å². The van der Waals surface area contributed by atoms with Gasteiger partial charge in [-0.3, -0.25) is 4.55 Å². The first-order valence-electron chi connectivity index (χ1n) is 6.86. The zero-order valence-electron chi connectivity index (χ0n) is 12.1. The van der Waals surface area contributed by atoms with Crippen molar-refractivity contribution in [2.75, 3.05) is 11.5 Å². The summed E-state index contributed by atoms with van der Waals surface area (Å²) in [5, 5.41) is 0. The Balaban J connectivity index is 2.23. The molecule has 0 amide bonds. The summed E-state index contributed by atoms with van der Waals surface area (Å²) in [6.45, 7) is 0. The van der Waals surface area contributed by atoms with Crippen molar-refractivity contribution < 1.29 is 25.6 Å². The minimum Gasteiger partial charge on any atom is -0.390 e. The number of hydrogen-bond acceptors (Lipinski definition) is 5. The lowest BCUT2D eigenvalue weighted by atomic mass is 10.2. The first-order chi connectivity index (χ1) is 10.3. The fourth-order valence-electron chi connectivity index (χ4n) is 1.72. The molecule has 22 heavy (non-hydrogen) atoms. The van der Waals surface area contributed by atoms with Crippen molar-refractivity contribution in [2.45, 2.75) is 25.7 Å². The van der Waals surface area contributed by atoms with Crippen molar-refractivity contribution in [3.8, 4) is 0 Å². The molecule has 0 aliphatic heterocycles. The smallest absolute Gasteiger partial charge is 0.308 e. The van der Waals surface area contributed by atoms with Crippen molar-refractivity contribution in [3.63, 3.8) is 0 Å². The molecule has 6 nitrogen and oxygen atoms in total. The normalized spacial score (nSPS) is 12.6. The topological polar surface area (TPSA) is 97.7 Å². The Morgan fingerprint density at radius 2 is 1.50 bits per heavy atom. The molecule has 0 aliphatic rings. The summed E-state index contributed by atoms with van der Waals surface area (Å²) >= 11 is 0. The van der Waals surface area contributed by atoms with Gasteiger partial charge in [0.25, 0.3) is 10.1 Å². The molecule has 0 saturated heterocycles. The molecule has 0 spiro atoms. The van der Waals surface area contributed by atoms with Crippen LogP contribution in [0, 0.1) is 0 Å². The Morgan fingerprint density at radius 1 is 0.909 bits per heavy atom. The molecule has 0 atom stereocenters. The van der Waals surface area contributed by atoms with Crippen LogP contribution in [0.4, 0.5) is 0 Å². The third-order valence-corrected chi connectivity index (χ3v) is 4.81. The highest BCUT2D eigenvalue weighted by Crippen LogP contribution is 2.07. The predicted molar refractivity (Wildman–Crippen MR) is 85.2 cm³/mol. The van der Waals surface area contributed by atoms with Gasteiger partial charge in [0.15, 0.2) is 0 Å². The van der Waals surface area contributed by atoms with E-state index >= 15 is 0 Å². The molecule has 0 unspecified atom stereocenters. The molecule has 1 N–H and O–H groups in total.